The molecule has 18 heavy (non-hydrogen) atoms. The minimum absolute atomic E-state index is 0.306. The lowest BCUT2D eigenvalue weighted by atomic mass is 10.3. The van der Waals surface area contributed by atoms with Crippen LogP contribution in [0.15, 0.2) is 18.3 Å². The molecule has 0 spiro atoms. The third-order valence-electron chi connectivity index (χ3n) is 2.00. The molecule has 0 aliphatic carbocycles. The summed E-state index contributed by atoms with van der Waals surface area (Å²) in [5.74, 6) is 5.64. The molecule has 2 rings (SSSR count). The molecule has 0 saturated heterocycles. The maximum absolute atomic E-state index is 6.00. The van der Waals surface area contributed by atoms with Gasteiger partial charge in [0, 0.05) is 11.2 Å². The zero-order valence-corrected chi connectivity index (χ0v) is 12.0. The van der Waals surface area contributed by atoms with Gasteiger partial charge in [-0.05, 0) is 12.1 Å². The lowest BCUT2D eigenvalue weighted by Crippen LogP contribution is -2.05. The van der Waals surface area contributed by atoms with E-state index >= 15 is 0 Å². The number of hydrazine groups is 1. The average molecular weight is 325 g/mol. The molecule has 3 N–H and O–H groups in total. The van der Waals surface area contributed by atoms with Crippen LogP contribution in [0, 0.1) is 0 Å². The summed E-state index contributed by atoms with van der Waals surface area (Å²) in [6.07, 6.45) is 1.66. The van der Waals surface area contributed by atoms with Gasteiger partial charge in [-0.2, -0.15) is 0 Å². The fourth-order valence-corrected chi connectivity index (χ4v) is 2.81. The Hall–Kier alpha value is -0.720. The lowest BCUT2D eigenvalue weighted by Gasteiger charge is -2.08. The first-order valence-corrected chi connectivity index (χ1v) is 6.74. The van der Waals surface area contributed by atoms with Crippen LogP contribution in [0.3, 0.4) is 0 Å². The minimum Gasteiger partial charge on any atom is -0.485 e. The molecule has 4 nitrogen and oxygen atoms in total. The highest BCUT2D eigenvalue weighted by Gasteiger charge is 2.10. The number of hydrogen-bond acceptors (Lipinski definition) is 5. The molecule has 0 radical (unpaired) electrons. The van der Waals surface area contributed by atoms with Gasteiger partial charge in [0.1, 0.15) is 6.61 Å². The van der Waals surface area contributed by atoms with E-state index in [-0.39, 0.29) is 0 Å². The molecule has 1 aromatic heterocycles. The Morgan fingerprint density at radius 2 is 1.94 bits per heavy atom. The number of aromatic nitrogens is 1. The second-order valence-corrected chi connectivity index (χ2v) is 5.63. The molecular formula is C10H8Cl3N3OS. The van der Waals surface area contributed by atoms with Gasteiger partial charge in [0.15, 0.2) is 10.9 Å². The Morgan fingerprint density at radius 3 is 2.50 bits per heavy atom. The van der Waals surface area contributed by atoms with E-state index in [0.717, 1.165) is 4.88 Å². The summed E-state index contributed by atoms with van der Waals surface area (Å²) in [6.45, 7) is 0.306. The molecule has 0 bridgehead atoms. The molecule has 1 aromatic carbocycles. The molecule has 0 unspecified atom stereocenters. The molecule has 0 amide bonds. The summed E-state index contributed by atoms with van der Waals surface area (Å²) in [5.41, 5.74) is 2.46. The third-order valence-corrected chi connectivity index (χ3v) is 3.68. The number of nitrogen functional groups attached to an aromatic ring is 1. The highest BCUT2D eigenvalue weighted by Crippen LogP contribution is 2.36. The molecule has 0 atom stereocenters. The SMILES string of the molecule is NNc1ncc(COc2c(Cl)cc(Cl)cc2Cl)s1. The fourth-order valence-electron chi connectivity index (χ4n) is 1.25. The van der Waals surface area contributed by atoms with Gasteiger partial charge in [-0.25, -0.2) is 10.8 Å². The Balaban J connectivity index is 2.10. The Morgan fingerprint density at radius 1 is 1.28 bits per heavy atom. The first-order chi connectivity index (χ1) is 8.60. The molecule has 8 heteroatoms. The van der Waals surface area contributed by atoms with Gasteiger partial charge >= 0.3 is 0 Å². The topological polar surface area (TPSA) is 60.2 Å². The van der Waals surface area contributed by atoms with E-state index in [1.54, 1.807) is 18.3 Å². The summed E-state index contributed by atoms with van der Waals surface area (Å²) in [5, 5.41) is 1.81. The fraction of sp³-hybridized carbons (Fsp3) is 0.100. The van der Waals surface area contributed by atoms with Crippen molar-refractivity contribution in [3.63, 3.8) is 0 Å². The molecule has 0 fully saturated rings. The van der Waals surface area contributed by atoms with Crippen molar-refractivity contribution in [3.05, 3.63) is 38.3 Å². The summed E-state index contributed by atoms with van der Waals surface area (Å²) < 4.78 is 5.55. The van der Waals surface area contributed by atoms with Crippen molar-refractivity contribution in [2.45, 2.75) is 6.61 Å². The second-order valence-electron chi connectivity index (χ2n) is 3.26. The Bertz CT molecular complexity index is 538. The van der Waals surface area contributed by atoms with Gasteiger partial charge in [-0.15, -0.1) is 0 Å². The van der Waals surface area contributed by atoms with Gasteiger partial charge in [0.25, 0.3) is 0 Å². The van der Waals surface area contributed by atoms with E-state index in [2.05, 4.69) is 10.4 Å². The average Bonchev–Trinajstić information content (AvgIpc) is 2.75. The highest BCUT2D eigenvalue weighted by atomic mass is 35.5. The maximum atomic E-state index is 6.00. The highest BCUT2D eigenvalue weighted by molar-refractivity contribution is 7.15. The van der Waals surface area contributed by atoms with Crippen LogP contribution < -0.4 is 16.0 Å². The quantitative estimate of drug-likeness (QED) is 0.660. The predicted molar refractivity (Wildman–Crippen MR) is 75.7 cm³/mol. The molecular weight excluding hydrogens is 317 g/mol. The van der Waals surface area contributed by atoms with Crippen LogP contribution in [-0.4, -0.2) is 4.98 Å². The molecule has 0 saturated carbocycles. The van der Waals surface area contributed by atoms with E-state index in [4.69, 9.17) is 45.4 Å². The number of ether oxygens (including phenoxy) is 1. The van der Waals surface area contributed by atoms with E-state index in [1.165, 1.54) is 11.3 Å². The lowest BCUT2D eigenvalue weighted by molar-refractivity contribution is 0.310. The Labute approximate surface area is 123 Å². The van der Waals surface area contributed by atoms with Crippen molar-refractivity contribution in [2.75, 3.05) is 5.43 Å². The van der Waals surface area contributed by atoms with E-state index < -0.39 is 0 Å². The van der Waals surface area contributed by atoms with Crippen LogP contribution in [0.4, 0.5) is 5.13 Å². The van der Waals surface area contributed by atoms with Crippen LogP contribution in [0.1, 0.15) is 4.88 Å². The van der Waals surface area contributed by atoms with E-state index in [1.807, 2.05) is 0 Å². The second kappa shape index (κ2) is 5.95. The van der Waals surface area contributed by atoms with Crippen molar-refractivity contribution in [2.24, 2.45) is 5.84 Å². The number of hydrogen-bond donors (Lipinski definition) is 2. The van der Waals surface area contributed by atoms with Gasteiger partial charge in [-0.3, -0.25) is 5.43 Å². The van der Waals surface area contributed by atoms with Crippen LogP contribution >= 0.6 is 46.1 Å². The summed E-state index contributed by atoms with van der Waals surface area (Å²) in [7, 11) is 0. The zero-order chi connectivity index (χ0) is 13.1. The number of benzene rings is 1. The van der Waals surface area contributed by atoms with Gasteiger partial charge in [0.2, 0.25) is 0 Å². The van der Waals surface area contributed by atoms with Crippen molar-refractivity contribution in [3.8, 4) is 5.75 Å². The predicted octanol–water partition coefficient (Wildman–Crippen LogP) is 3.97. The van der Waals surface area contributed by atoms with Crippen molar-refractivity contribution in [1.29, 1.82) is 0 Å². The van der Waals surface area contributed by atoms with Crippen LogP contribution in [0.25, 0.3) is 0 Å². The normalized spacial score (nSPS) is 10.4. The maximum Gasteiger partial charge on any atom is 0.197 e. The van der Waals surface area contributed by atoms with E-state index in [0.29, 0.717) is 32.6 Å². The Kier molecular flexibility index (Phi) is 4.53. The number of thiazole rings is 1. The molecule has 96 valence electrons. The smallest absolute Gasteiger partial charge is 0.197 e. The molecule has 0 aliphatic heterocycles. The van der Waals surface area contributed by atoms with Crippen molar-refractivity contribution < 1.29 is 4.74 Å². The summed E-state index contributed by atoms with van der Waals surface area (Å²) >= 11 is 19.2. The van der Waals surface area contributed by atoms with Crippen molar-refractivity contribution >= 4 is 51.3 Å². The number of rotatable bonds is 4. The molecule has 0 aliphatic rings. The van der Waals surface area contributed by atoms with Crippen LogP contribution in [0.5, 0.6) is 5.75 Å². The number of nitrogens with one attached hydrogen (secondary N) is 1. The summed E-state index contributed by atoms with van der Waals surface area (Å²) in [6, 6.07) is 3.15. The van der Waals surface area contributed by atoms with E-state index in [9.17, 15) is 0 Å². The summed E-state index contributed by atoms with van der Waals surface area (Å²) in [4.78, 5) is 4.91. The van der Waals surface area contributed by atoms with Gasteiger partial charge in [0.05, 0.1) is 14.9 Å². The molecule has 2 aromatic rings. The number of nitrogens with two attached hydrogens (primary N) is 1. The van der Waals surface area contributed by atoms with Crippen molar-refractivity contribution in [1.82, 2.24) is 4.98 Å². The minimum atomic E-state index is 0.306. The monoisotopic (exact) mass is 323 g/mol. The third kappa shape index (κ3) is 3.18. The van der Waals surface area contributed by atoms with Gasteiger partial charge < -0.3 is 4.74 Å². The first kappa shape index (κ1) is 13.7. The van der Waals surface area contributed by atoms with Crippen LogP contribution in [0.2, 0.25) is 15.1 Å². The van der Waals surface area contributed by atoms with Crippen LogP contribution in [-0.2, 0) is 6.61 Å². The largest absolute Gasteiger partial charge is 0.485 e. The first-order valence-electron chi connectivity index (χ1n) is 4.79. The molecule has 1 heterocycles. The number of anilines is 1. The standard InChI is InChI=1S/C10H8Cl3N3OS/c11-5-1-7(12)9(8(13)2-5)17-4-6-3-15-10(16-14)18-6/h1-3H,4,14H2,(H,15,16). The van der Waals surface area contributed by atoms with Gasteiger partial charge in [-0.1, -0.05) is 46.1 Å². The number of nitrogens with zero attached hydrogens (tertiary/aromatic N) is 1. The number of halogens is 3. The zero-order valence-electron chi connectivity index (χ0n) is 8.91.